The summed E-state index contributed by atoms with van der Waals surface area (Å²) < 4.78 is 0. The molecule has 0 saturated carbocycles. The quantitative estimate of drug-likeness (QED) is 0.382. The van der Waals surface area contributed by atoms with Gasteiger partial charge in [-0.1, -0.05) is 0 Å². The van der Waals surface area contributed by atoms with Gasteiger partial charge in [0.25, 0.3) is 0 Å². The molecule has 3 heteroatoms. The number of hydrogen-bond acceptors (Lipinski definition) is 0. The second-order valence-corrected chi connectivity index (χ2v) is 5.10. The number of rotatable bonds is 3. The minimum Gasteiger partial charge on any atom is 1.00 e. The van der Waals surface area contributed by atoms with Crippen molar-refractivity contribution in [1.82, 2.24) is 0 Å². The molecule has 0 aliphatic carbocycles. The standard InChI is InChI=1S/C4H10Se2.Li/c1-2-3-4-6-5;/h5H,2-4H2,1H3;/q;+1/p-1. The molecule has 0 saturated heterocycles. The molecule has 0 spiro atoms. The first-order valence-electron chi connectivity index (χ1n) is 2.16. The zero-order valence-electron chi connectivity index (χ0n) is 4.94. The predicted octanol–water partition coefficient (Wildman–Crippen LogP) is -2.00. The van der Waals surface area contributed by atoms with Gasteiger partial charge in [0.2, 0.25) is 0 Å². The van der Waals surface area contributed by atoms with Crippen LogP contribution < -0.4 is 18.9 Å². The molecule has 7 heavy (non-hydrogen) atoms. The zero-order valence-corrected chi connectivity index (χ0v) is 8.36. The van der Waals surface area contributed by atoms with Gasteiger partial charge in [-0.15, -0.1) is 0 Å². The van der Waals surface area contributed by atoms with Crippen molar-refractivity contribution >= 4 is 27.3 Å². The van der Waals surface area contributed by atoms with Crippen LogP contribution in [0.15, 0.2) is 0 Å². The monoisotopic (exact) mass is 224 g/mol. The van der Waals surface area contributed by atoms with Crippen LogP contribution in [0, 0.1) is 0 Å². The molecule has 0 bridgehead atoms. The van der Waals surface area contributed by atoms with Crippen molar-refractivity contribution in [3.8, 4) is 0 Å². The van der Waals surface area contributed by atoms with Gasteiger partial charge in [-0.3, -0.25) is 0 Å². The Balaban J connectivity index is 0. The van der Waals surface area contributed by atoms with E-state index < -0.39 is 0 Å². The fraction of sp³-hybridized carbons (Fsp3) is 1.00. The van der Waals surface area contributed by atoms with Crippen molar-refractivity contribution in [3.05, 3.63) is 0 Å². The van der Waals surface area contributed by atoms with E-state index in [0.717, 1.165) is 13.1 Å². The molecule has 0 nitrogen and oxygen atoms in total. The molecule has 0 atom stereocenters. The van der Waals surface area contributed by atoms with Gasteiger partial charge in [0, 0.05) is 0 Å². The largest absolute Gasteiger partial charge is 1.00 e. The molecule has 0 amide bonds. The van der Waals surface area contributed by atoms with E-state index >= 15 is 0 Å². The second-order valence-electron chi connectivity index (χ2n) is 1.18. The Labute approximate surface area is 70.9 Å². The fourth-order valence-electron chi connectivity index (χ4n) is 0.203. The second kappa shape index (κ2) is 10.6. The molecule has 38 valence electrons. The van der Waals surface area contributed by atoms with Gasteiger partial charge >= 0.3 is 71.3 Å². The molecule has 0 unspecified atom stereocenters. The van der Waals surface area contributed by atoms with Crippen molar-refractivity contribution in [2.75, 3.05) is 0 Å². The van der Waals surface area contributed by atoms with E-state index in [-0.39, 0.29) is 18.9 Å². The SMILES string of the molecule is CCCC[Se][Se-].[Li+]. The maximum absolute atomic E-state index is 3.04. The van der Waals surface area contributed by atoms with Crippen LogP contribution in [-0.2, 0) is 0 Å². The first-order chi connectivity index (χ1) is 2.91. The summed E-state index contributed by atoms with van der Waals surface area (Å²) in [6.07, 6.45) is 2.76. The maximum atomic E-state index is 3.04. The van der Waals surface area contributed by atoms with E-state index in [0.29, 0.717) is 0 Å². The molecule has 0 fully saturated rings. The molecular weight excluding hydrogens is 213 g/mol. The number of hydrogen-bond donors (Lipinski definition) is 0. The summed E-state index contributed by atoms with van der Waals surface area (Å²) in [5, 5.41) is 1.42. The molecule has 0 N–H and O–H groups in total. The predicted molar refractivity (Wildman–Crippen MR) is 31.2 cm³/mol. The Kier molecular flexibility index (Phi) is 17.3. The van der Waals surface area contributed by atoms with E-state index in [9.17, 15) is 0 Å². The van der Waals surface area contributed by atoms with Crippen LogP contribution in [0.5, 0.6) is 0 Å². The first-order valence-corrected chi connectivity index (χ1v) is 7.71. The molecule has 0 aliphatic rings. The normalized spacial score (nSPS) is 7.71. The molecular formula is C4H9LiSe2. The Morgan fingerprint density at radius 2 is 2.14 bits per heavy atom. The van der Waals surface area contributed by atoms with Gasteiger partial charge in [-0.2, -0.15) is 0 Å². The molecule has 0 rings (SSSR count). The number of unbranched alkanes of at least 4 members (excludes halogenated alkanes) is 1. The van der Waals surface area contributed by atoms with Gasteiger partial charge in [0.05, 0.1) is 0 Å². The van der Waals surface area contributed by atoms with Crippen molar-refractivity contribution in [2.24, 2.45) is 0 Å². The third kappa shape index (κ3) is 11.3. The minimum absolute atomic E-state index is 0. The molecule has 0 aromatic heterocycles. The summed E-state index contributed by atoms with van der Waals surface area (Å²) in [7, 11) is 0. The maximum Gasteiger partial charge on any atom is 1.00 e. The van der Waals surface area contributed by atoms with Crippen LogP contribution in [-0.4, -0.2) is 27.3 Å². The van der Waals surface area contributed by atoms with E-state index in [1.54, 1.807) is 0 Å². The summed E-state index contributed by atoms with van der Waals surface area (Å²) in [5.74, 6) is 0. The van der Waals surface area contributed by atoms with E-state index in [1.807, 2.05) is 0 Å². The van der Waals surface area contributed by atoms with Crippen LogP contribution >= 0.6 is 0 Å². The van der Waals surface area contributed by atoms with Gasteiger partial charge in [0.15, 0.2) is 0 Å². The molecule has 0 aliphatic heterocycles. The van der Waals surface area contributed by atoms with Crippen LogP contribution in [0.25, 0.3) is 0 Å². The topological polar surface area (TPSA) is 0 Å². The van der Waals surface area contributed by atoms with Crippen molar-refractivity contribution < 1.29 is 18.9 Å². The molecule has 0 heterocycles. The summed E-state index contributed by atoms with van der Waals surface area (Å²) in [5.41, 5.74) is 0. The van der Waals surface area contributed by atoms with E-state index in [2.05, 4.69) is 21.1 Å². The Morgan fingerprint density at radius 1 is 1.57 bits per heavy atom. The summed E-state index contributed by atoms with van der Waals surface area (Å²) in [4.78, 5) is 0. The van der Waals surface area contributed by atoms with Gasteiger partial charge in [-0.05, 0) is 0 Å². The van der Waals surface area contributed by atoms with E-state index in [4.69, 9.17) is 0 Å². The van der Waals surface area contributed by atoms with E-state index in [1.165, 1.54) is 18.2 Å². The Bertz CT molecular complexity index is 21.7. The summed E-state index contributed by atoms with van der Waals surface area (Å²) in [6.45, 7) is 2.23. The third-order valence-corrected chi connectivity index (χ3v) is 3.35. The minimum atomic E-state index is 0. The van der Waals surface area contributed by atoms with Crippen LogP contribution in [0.4, 0.5) is 0 Å². The van der Waals surface area contributed by atoms with Crippen LogP contribution in [0.3, 0.4) is 0 Å². The van der Waals surface area contributed by atoms with Gasteiger partial charge in [-0.25, -0.2) is 0 Å². The zero-order chi connectivity index (χ0) is 4.83. The van der Waals surface area contributed by atoms with Crippen LogP contribution in [0.1, 0.15) is 19.8 Å². The van der Waals surface area contributed by atoms with Crippen molar-refractivity contribution in [1.29, 1.82) is 0 Å². The average Bonchev–Trinajstić information content (AvgIpc) is 1.61. The average molecular weight is 222 g/mol. The summed E-state index contributed by atoms with van der Waals surface area (Å²) in [6, 6.07) is 0. The van der Waals surface area contributed by atoms with Crippen molar-refractivity contribution in [3.63, 3.8) is 0 Å². The molecule has 0 aromatic carbocycles. The Morgan fingerprint density at radius 3 is 2.29 bits per heavy atom. The van der Waals surface area contributed by atoms with Gasteiger partial charge < -0.3 is 0 Å². The summed E-state index contributed by atoms with van der Waals surface area (Å²) >= 11 is 3.84. The van der Waals surface area contributed by atoms with Gasteiger partial charge in [0.1, 0.15) is 0 Å². The molecule has 0 radical (unpaired) electrons. The third-order valence-electron chi connectivity index (χ3n) is 0.581. The fourth-order valence-corrected chi connectivity index (χ4v) is 2.34. The molecule has 0 aromatic rings. The first kappa shape index (κ1) is 11.4. The Hall–Kier alpha value is 1.64. The van der Waals surface area contributed by atoms with Crippen molar-refractivity contribution in [2.45, 2.75) is 25.1 Å². The smallest absolute Gasteiger partial charge is 1.00 e. The van der Waals surface area contributed by atoms with Crippen LogP contribution in [0.2, 0.25) is 5.32 Å².